The quantitative estimate of drug-likeness (QED) is 0.697. The van der Waals surface area contributed by atoms with E-state index in [9.17, 15) is 24.2 Å². The molecule has 0 saturated carbocycles. The first kappa shape index (κ1) is 16.8. The summed E-state index contributed by atoms with van der Waals surface area (Å²) in [6, 6.07) is 4.96. The Kier molecular flexibility index (Phi) is 4.50. The van der Waals surface area contributed by atoms with Crippen LogP contribution in [0, 0.1) is 5.82 Å². The lowest BCUT2D eigenvalue weighted by Gasteiger charge is -2.48. The molecule has 0 spiro atoms. The Bertz CT molecular complexity index is 652. The summed E-state index contributed by atoms with van der Waals surface area (Å²) in [5.74, 6) is -1.45. The third-order valence-electron chi connectivity index (χ3n) is 4.31. The number of imide groups is 1. The van der Waals surface area contributed by atoms with Crippen LogP contribution >= 0.6 is 0 Å². The van der Waals surface area contributed by atoms with Crippen LogP contribution in [0.25, 0.3) is 0 Å². The van der Waals surface area contributed by atoms with Crippen molar-refractivity contribution < 1.29 is 28.9 Å². The van der Waals surface area contributed by atoms with Gasteiger partial charge < -0.3 is 14.9 Å². The minimum absolute atomic E-state index is 0.00454. The molecule has 130 valence electrons. The second kappa shape index (κ2) is 6.44. The Balaban J connectivity index is 2.17. The van der Waals surface area contributed by atoms with Gasteiger partial charge in [-0.2, -0.15) is 0 Å². The maximum absolute atomic E-state index is 14.5. The molecule has 2 unspecified atom stereocenters. The van der Waals surface area contributed by atoms with E-state index in [-0.39, 0.29) is 18.8 Å². The average molecular weight is 339 g/mol. The number of carbonyl (C=O) groups excluding carboxylic acids is 1. The fourth-order valence-corrected chi connectivity index (χ4v) is 3.19. The van der Waals surface area contributed by atoms with Crippen molar-refractivity contribution in [2.24, 2.45) is 0 Å². The number of aliphatic hydroxyl groups is 1. The lowest BCUT2D eigenvalue weighted by molar-refractivity contribution is -0.154. The molecule has 2 aliphatic heterocycles. The minimum Gasteiger partial charge on any atom is -0.465 e. The van der Waals surface area contributed by atoms with Crippen LogP contribution in [-0.2, 0) is 15.2 Å². The molecule has 1 aromatic rings. The number of carboxylic acid groups (broad SMARTS) is 1. The van der Waals surface area contributed by atoms with Crippen LogP contribution in [-0.4, -0.2) is 71.1 Å². The van der Waals surface area contributed by atoms with Gasteiger partial charge in [0.1, 0.15) is 12.5 Å². The third-order valence-corrected chi connectivity index (χ3v) is 4.31. The summed E-state index contributed by atoms with van der Waals surface area (Å²) in [4.78, 5) is 26.7. The Morgan fingerprint density at radius 1 is 1.46 bits per heavy atom. The van der Waals surface area contributed by atoms with E-state index in [2.05, 4.69) is 5.32 Å². The van der Waals surface area contributed by atoms with E-state index in [1.165, 1.54) is 18.2 Å². The zero-order chi connectivity index (χ0) is 17.3. The van der Waals surface area contributed by atoms with Gasteiger partial charge in [-0.05, 0) is 6.07 Å². The van der Waals surface area contributed by atoms with Crippen molar-refractivity contribution in [1.82, 2.24) is 15.1 Å². The molecule has 2 saturated heterocycles. The molecular weight excluding hydrogens is 321 g/mol. The van der Waals surface area contributed by atoms with E-state index < -0.39 is 36.1 Å². The number of aliphatic hydroxyl groups excluding tert-OH is 1. The molecule has 2 fully saturated rings. The summed E-state index contributed by atoms with van der Waals surface area (Å²) >= 11 is 0. The van der Waals surface area contributed by atoms with Gasteiger partial charge in [-0.3, -0.25) is 10.1 Å². The van der Waals surface area contributed by atoms with Crippen LogP contribution in [0.2, 0.25) is 0 Å². The second-order valence-electron chi connectivity index (χ2n) is 5.71. The molecule has 2 atom stereocenters. The number of rotatable bonds is 3. The summed E-state index contributed by atoms with van der Waals surface area (Å²) in [6.07, 6.45) is -1.44. The van der Waals surface area contributed by atoms with Gasteiger partial charge in [0, 0.05) is 18.7 Å². The van der Waals surface area contributed by atoms with E-state index >= 15 is 0 Å². The maximum Gasteiger partial charge on any atom is 0.414 e. The molecule has 24 heavy (non-hydrogen) atoms. The molecule has 3 N–H and O–H groups in total. The number of carbonyl (C=O) groups is 2. The molecule has 0 bridgehead atoms. The summed E-state index contributed by atoms with van der Waals surface area (Å²) < 4.78 is 19.8. The van der Waals surface area contributed by atoms with E-state index in [1.54, 1.807) is 11.0 Å². The number of amides is 2. The zero-order valence-corrected chi connectivity index (χ0v) is 12.8. The number of halogens is 1. The fourth-order valence-electron chi connectivity index (χ4n) is 3.19. The molecule has 3 rings (SSSR count). The summed E-state index contributed by atoms with van der Waals surface area (Å²) in [7, 11) is 0. The van der Waals surface area contributed by atoms with Gasteiger partial charge in [-0.25, -0.2) is 19.0 Å². The minimum atomic E-state index is -1.74. The van der Waals surface area contributed by atoms with Crippen molar-refractivity contribution in [3.63, 3.8) is 0 Å². The first-order valence-corrected chi connectivity index (χ1v) is 7.52. The third kappa shape index (κ3) is 2.55. The molecule has 0 radical (unpaired) electrons. The number of piperazine rings is 1. The highest BCUT2D eigenvalue weighted by Crippen LogP contribution is 2.34. The van der Waals surface area contributed by atoms with Gasteiger partial charge in [-0.1, -0.05) is 18.2 Å². The van der Waals surface area contributed by atoms with Crippen molar-refractivity contribution in [1.29, 1.82) is 0 Å². The lowest BCUT2D eigenvalue weighted by atomic mass is 9.91. The topological polar surface area (TPSA) is 102 Å². The van der Waals surface area contributed by atoms with Crippen molar-refractivity contribution in [2.75, 3.05) is 33.0 Å². The van der Waals surface area contributed by atoms with E-state index in [1.807, 2.05) is 0 Å². The second-order valence-corrected chi connectivity index (χ2v) is 5.71. The van der Waals surface area contributed by atoms with Crippen LogP contribution in [0.3, 0.4) is 0 Å². The first-order chi connectivity index (χ1) is 11.5. The Morgan fingerprint density at radius 2 is 2.21 bits per heavy atom. The monoisotopic (exact) mass is 339 g/mol. The average Bonchev–Trinajstić information content (AvgIpc) is 3.10. The number of nitrogens with one attached hydrogen (secondary N) is 1. The summed E-state index contributed by atoms with van der Waals surface area (Å²) in [5.41, 5.74) is -1.74. The van der Waals surface area contributed by atoms with Gasteiger partial charge in [0.25, 0.3) is 5.91 Å². The van der Waals surface area contributed by atoms with Gasteiger partial charge in [0.2, 0.25) is 0 Å². The fraction of sp³-hybridized carbons (Fsp3) is 0.467. The number of ether oxygens (including phenoxy) is 1. The number of benzene rings is 1. The molecule has 0 aromatic heterocycles. The zero-order valence-electron chi connectivity index (χ0n) is 12.8. The van der Waals surface area contributed by atoms with E-state index in [0.717, 1.165) is 0 Å². The van der Waals surface area contributed by atoms with Crippen molar-refractivity contribution >= 4 is 12.0 Å². The molecule has 9 heteroatoms. The Labute approximate surface area is 137 Å². The Morgan fingerprint density at radius 3 is 2.79 bits per heavy atom. The van der Waals surface area contributed by atoms with Gasteiger partial charge >= 0.3 is 6.09 Å². The van der Waals surface area contributed by atoms with Gasteiger partial charge in [0.05, 0.1) is 19.3 Å². The smallest absolute Gasteiger partial charge is 0.414 e. The highest BCUT2D eigenvalue weighted by atomic mass is 19.1. The molecule has 2 amide bonds. The van der Waals surface area contributed by atoms with Gasteiger partial charge in [-0.15, -0.1) is 0 Å². The van der Waals surface area contributed by atoms with Crippen LogP contribution in [0.5, 0.6) is 0 Å². The van der Waals surface area contributed by atoms with Crippen molar-refractivity contribution in [3.05, 3.63) is 35.6 Å². The summed E-state index contributed by atoms with van der Waals surface area (Å²) in [6.45, 7) is 0.0803. The molecule has 8 nitrogen and oxygen atoms in total. The number of hydrogen-bond acceptors (Lipinski definition) is 6. The van der Waals surface area contributed by atoms with Crippen molar-refractivity contribution in [3.8, 4) is 0 Å². The number of hydrogen-bond donors (Lipinski definition) is 3. The SMILES string of the molecule is O=C(O)N1CC(CO)NC(c2ccccc2F)(N2CCOC2)C1=O. The van der Waals surface area contributed by atoms with Crippen LogP contribution in [0.4, 0.5) is 9.18 Å². The van der Waals surface area contributed by atoms with Crippen LogP contribution < -0.4 is 5.32 Å². The largest absolute Gasteiger partial charge is 0.465 e. The van der Waals surface area contributed by atoms with Crippen LogP contribution in [0.1, 0.15) is 5.56 Å². The highest BCUT2D eigenvalue weighted by molar-refractivity contribution is 5.98. The molecule has 2 heterocycles. The molecular formula is C15H18FN3O5. The predicted molar refractivity (Wildman–Crippen MR) is 79.4 cm³/mol. The molecule has 2 aliphatic rings. The molecule has 0 aliphatic carbocycles. The highest BCUT2D eigenvalue weighted by Gasteiger charge is 2.55. The predicted octanol–water partition coefficient (Wildman–Crippen LogP) is -0.261. The van der Waals surface area contributed by atoms with Crippen molar-refractivity contribution in [2.45, 2.75) is 11.7 Å². The normalized spacial score (nSPS) is 28.3. The number of nitrogens with zero attached hydrogens (tertiary/aromatic N) is 2. The standard InChI is InChI=1S/C15H18FN3O5/c16-12-4-2-1-3-11(12)15(18-5-6-24-9-18)13(21)19(14(22)23)7-10(8-20)17-15/h1-4,10,17,20H,5-9H2,(H,22,23). The molecule has 1 aromatic carbocycles. The Hall–Kier alpha value is -2.07. The first-order valence-electron chi connectivity index (χ1n) is 7.52. The lowest BCUT2D eigenvalue weighted by Crippen LogP contribution is -2.73. The van der Waals surface area contributed by atoms with Gasteiger partial charge in [0.15, 0.2) is 5.66 Å². The van der Waals surface area contributed by atoms with Crippen LogP contribution in [0.15, 0.2) is 24.3 Å². The van der Waals surface area contributed by atoms with E-state index in [4.69, 9.17) is 4.74 Å². The van der Waals surface area contributed by atoms with E-state index in [0.29, 0.717) is 18.1 Å². The summed E-state index contributed by atoms with van der Waals surface area (Å²) in [5, 5.41) is 21.8. The maximum atomic E-state index is 14.5.